The van der Waals surface area contributed by atoms with Crippen molar-refractivity contribution >= 4 is 53.6 Å². The van der Waals surface area contributed by atoms with E-state index in [1.165, 1.54) is 11.8 Å². The average molecular weight is 763 g/mol. The number of hydrogen-bond donors (Lipinski definition) is 4. The highest BCUT2D eigenvalue weighted by atomic mass is 32.2. The lowest BCUT2D eigenvalue weighted by atomic mass is 10.3. The van der Waals surface area contributed by atoms with Crippen LogP contribution in [-0.2, 0) is 52.5 Å². The van der Waals surface area contributed by atoms with E-state index in [-0.39, 0.29) is 69.2 Å². The third-order valence-corrected chi connectivity index (χ3v) is 9.07. The minimum atomic E-state index is -0.992. The minimum absolute atomic E-state index is 0.00975. The highest BCUT2D eigenvalue weighted by Gasteiger charge is 2.38. The molecule has 2 aliphatic heterocycles. The van der Waals surface area contributed by atoms with Gasteiger partial charge in [0.1, 0.15) is 6.29 Å². The number of thioether (sulfide) groups is 1. The van der Waals surface area contributed by atoms with Crippen molar-refractivity contribution in [1.29, 1.82) is 0 Å². The second-order valence-corrected chi connectivity index (χ2v) is 13.2. The molecule has 0 aromatic carbocycles. The molecule has 2 saturated heterocycles. The molecule has 2 heterocycles. The predicted octanol–water partition coefficient (Wildman–Crippen LogP) is -2.79. The van der Waals surface area contributed by atoms with Gasteiger partial charge in [0.05, 0.1) is 77.7 Å². The highest BCUT2D eigenvalue weighted by molar-refractivity contribution is 8.00. The van der Waals surface area contributed by atoms with Gasteiger partial charge < -0.3 is 44.6 Å². The standard InChI is InChI=1S/C32H54N6O13S/c39-12-1-13-48-15-17-50-19-20-51-18-16-49-14-4-34-27(40)2-21-52-26-22-29(42)38(32(26)47)5-3-33-28(41)23-35-6-8-36(24-30(43)44)10-11-37(9-7-35)25-31(45)46/h12,26H,1-11,13-25H2,(H,33,41)(H,34,40)(H,43,44)(H,45,46). The lowest BCUT2D eigenvalue weighted by Crippen LogP contribution is -2.45. The van der Waals surface area contributed by atoms with E-state index >= 15 is 0 Å². The number of ether oxygens (including phenoxy) is 4. The Kier molecular flexibility index (Phi) is 23.6. The predicted molar refractivity (Wildman–Crippen MR) is 187 cm³/mol. The molecular weight excluding hydrogens is 708 g/mol. The fourth-order valence-corrected chi connectivity index (χ4v) is 6.28. The molecule has 4 amide bonds. The Bertz CT molecular complexity index is 1110. The van der Waals surface area contributed by atoms with Crippen LogP contribution in [-0.4, -0.2) is 214 Å². The van der Waals surface area contributed by atoms with Gasteiger partial charge in [0.2, 0.25) is 23.6 Å². The van der Waals surface area contributed by atoms with Crippen molar-refractivity contribution in [3.8, 4) is 0 Å². The number of hydrogen-bond acceptors (Lipinski definition) is 15. The van der Waals surface area contributed by atoms with E-state index in [0.717, 1.165) is 11.2 Å². The second kappa shape index (κ2) is 27.4. The monoisotopic (exact) mass is 762 g/mol. The van der Waals surface area contributed by atoms with Crippen molar-refractivity contribution in [3.63, 3.8) is 0 Å². The fraction of sp³-hybridized carbons (Fsp3) is 0.781. The number of likely N-dealkylation sites (tertiary alicyclic amines) is 1. The van der Waals surface area contributed by atoms with E-state index in [0.29, 0.717) is 111 Å². The van der Waals surface area contributed by atoms with Crippen LogP contribution >= 0.6 is 11.8 Å². The number of imide groups is 1. The summed E-state index contributed by atoms with van der Waals surface area (Å²) in [5.74, 6) is -2.87. The van der Waals surface area contributed by atoms with Gasteiger partial charge in [-0.05, 0) is 0 Å². The lowest BCUT2D eigenvalue weighted by molar-refractivity contribution is -0.140. The summed E-state index contributed by atoms with van der Waals surface area (Å²) >= 11 is 1.24. The number of carbonyl (C=O) groups excluding carboxylic acids is 5. The maximum absolute atomic E-state index is 12.9. The molecule has 1 atom stereocenters. The zero-order chi connectivity index (χ0) is 38.0. The number of carboxylic acid groups (broad SMARTS) is 2. The van der Waals surface area contributed by atoms with Gasteiger partial charge in [0.25, 0.3) is 0 Å². The molecule has 0 saturated carbocycles. The molecular formula is C32H54N6O13S. The molecule has 0 bridgehead atoms. The van der Waals surface area contributed by atoms with E-state index < -0.39 is 17.2 Å². The molecule has 296 valence electrons. The number of carboxylic acids is 2. The number of aldehydes is 1. The molecule has 1 unspecified atom stereocenters. The van der Waals surface area contributed by atoms with Crippen LogP contribution in [0, 0.1) is 0 Å². The fourth-order valence-electron chi connectivity index (χ4n) is 5.16. The van der Waals surface area contributed by atoms with Gasteiger partial charge in [-0.1, -0.05) is 0 Å². The SMILES string of the molecule is O=CCCOCCOCCOCCOCCNC(=O)CCSC1CC(=O)N(CCNC(=O)CN2CCN(CC(=O)O)CCN(CC(=O)O)CC2)C1=O. The first-order valence-electron chi connectivity index (χ1n) is 17.4. The molecule has 0 aliphatic carbocycles. The first-order valence-corrected chi connectivity index (χ1v) is 18.5. The van der Waals surface area contributed by atoms with Gasteiger partial charge in [0, 0.05) is 83.9 Å². The Morgan fingerprint density at radius 1 is 0.692 bits per heavy atom. The molecule has 52 heavy (non-hydrogen) atoms. The number of nitrogens with one attached hydrogen (secondary N) is 2. The maximum atomic E-state index is 12.9. The number of nitrogens with zero attached hydrogens (tertiary/aromatic N) is 4. The van der Waals surface area contributed by atoms with Crippen LogP contribution in [0.3, 0.4) is 0 Å². The van der Waals surface area contributed by atoms with Gasteiger partial charge in [-0.2, -0.15) is 0 Å². The molecule has 2 rings (SSSR count). The Morgan fingerprint density at radius 3 is 1.69 bits per heavy atom. The van der Waals surface area contributed by atoms with Crippen LogP contribution in [0.2, 0.25) is 0 Å². The van der Waals surface area contributed by atoms with Crippen molar-refractivity contribution in [3.05, 3.63) is 0 Å². The molecule has 2 fully saturated rings. The molecule has 0 spiro atoms. The summed E-state index contributed by atoms with van der Waals surface area (Å²) in [6.45, 7) is 5.50. The molecule has 0 aromatic rings. The lowest BCUT2D eigenvalue weighted by Gasteiger charge is -2.24. The molecule has 0 radical (unpaired) electrons. The summed E-state index contributed by atoms with van der Waals surface area (Å²) < 4.78 is 21.3. The smallest absolute Gasteiger partial charge is 0.317 e. The van der Waals surface area contributed by atoms with E-state index in [1.807, 2.05) is 4.90 Å². The Labute approximate surface area is 307 Å². The molecule has 0 aromatic heterocycles. The summed E-state index contributed by atoms with van der Waals surface area (Å²) in [7, 11) is 0. The third-order valence-electron chi connectivity index (χ3n) is 7.86. The normalized spacial score (nSPS) is 17.8. The van der Waals surface area contributed by atoms with Gasteiger partial charge in [0.15, 0.2) is 0 Å². The highest BCUT2D eigenvalue weighted by Crippen LogP contribution is 2.25. The number of carbonyl (C=O) groups is 7. The van der Waals surface area contributed by atoms with Crippen LogP contribution in [0.1, 0.15) is 19.3 Å². The average Bonchev–Trinajstić information content (AvgIpc) is 3.40. The maximum Gasteiger partial charge on any atom is 0.317 e. The van der Waals surface area contributed by atoms with E-state index in [9.17, 15) is 43.8 Å². The number of aliphatic carboxylic acids is 2. The van der Waals surface area contributed by atoms with E-state index in [1.54, 1.807) is 9.80 Å². The quantitative estimate of drug-likeness (QED) is 0.0358. The third kappa shape index (κ3) is 20.7. The Balaban J connectivity index is 1.56. The van der Waals surface area contributed by atoms with Gasteiger partial charge in [-0.25, -0.2) is 0 Å². The Morgan fingerprint density at radius 2 is 1.17 bits per heavy atom. The van der Waals surface area contributed by atoms with Crippen LogP contribution in [0.25, 0.3) is 0 Å². The van der Waals surface area contributed by atoms with Gasteiger partial charge >= 0.3 is 11.9 Å². The second-order valence-electron chi connectivity index (χ2n) is 11.9. The molecule has 19 nitrogen and oxygen atoms in total. The van der Waals surface area contributed by atoms with Crippen LogP contribution < -0.4 is 10.6 Å². The van der Waals surface area contributed by atoms with Crippen LogP contribution in [0.15, 0.2) is 0 Å². The molecule has 4 N–H and O–H groups in total. The van der Waals surface area contributed by atoms with Crippen LogP contribution in [0.5, 0.6) is 0 Å². The van der Waals surface area contributed by atoms with Gasteiger partial charge in [-0.15, -0.1) is 11.8 Å². The topological polar surface area (TPSA) is 234 Å². The van der Waals surface area contributed by atoms with Crippen molar-refractivity contribution < 1.29 is 62.7 Å². The molecule has 2 aliphatic rings. The number of rotatable bonds is 28. The largest absolute Gasteiger partial charge is 0.480 e. The zero-order valence-electron chi connectivity index (χ0n) is 29.7. The summed E-state index contributed by atoms with van der Waals surface area (Å²) in [5.41, 5.74) is 0. The first kappa shape index (κ1) is 44.9. The summed E-state index contributed by atoms with van der Waals surface area (Å²) in [6.07, 6.45) is 1.36. The van der Waals surface area contributed by atoms with Crippen molar-refractivity contribution in [2.24, 2.45) is 0 Å². The van der Waals surface area contributed by atoms with E-state index in [2.05, 4.69) is 10.6 Å². The number of amides is 4. The van der Waals surface area contributed by atoms with Crippen LogP contribution in [0.4, 0.5) is 0 Å². The summed E-state index contributed by atoms with van der Waals surface area (Å²) in [4.78, 5) is 89.3. The minimum Gasteiger partial charge on any atom is -0.480 e. The van der Waals surface area contributed by atoms with Crippen molar-refractivity contribution in [2.45, 2.75) is 24.5 Å². The van der Waals surface area contributed by atoms with E-state index in [4.69, 9.17) is 18.9 Å². The first-order chi connectivity index (χ1) is 25.1. The van der Waals surface area contributed by atoms with Crippen molar-refractivity contribution in [1.82, 2.24) is 30.2 Å². The summed E-state index contributed by atoms with van der Waals surface area (Å²) in [5, 5.41) is 23.3. The summed E-state index contributed by atoms with van der Waals surface area (Å²) in [6, 6.07) is 0. The van der Waals surface area contributed by atoms with Crippen molar-refractivity contribution in [2.75, 3.05) is 137 Å². The molecule has 20 heteroatoms. The Hall–Kier alpha value is -3.24. The van der Waals surface area contributed by atoms with Gasteiger partial charge in [-0.3, -0.25) is 48.4 Å². The zero-order valence-corrected chi connectivity index (χ0v) is 30.5.